The van der Waals surface area contributed by atoms with E-state index in [9.17, 15) is 0 Å². The number of hydrogen-bond acceptors (Lipinski definition) is 8. The van der Waals surface area contributed by atoms with Crippen LogP contribution in [0.3, 0.4) is 0 Å². The number of aromatic nitrogens is 6. The molecule has 0 N–H and O–H groups in total. The molecule has 27 heavy (non-hydrogen) atoms. The van der Waals surface area contributed by atoms with Crippen LogP contribution in [-0.2, 0) is 5.75 Å². The molecule has 0 radical (unpaired) electrons. The molecular weight excluding hydrogens is 364 g/mol. The largest absolute Gasteiger partial charge is 0.493 e. The van der Waals surface area contributed by atoms with Crippen LogP contribution in [0.1, 0.15) is 12.7 Å². The number of tetrazole rings is 1. The molecule has 0 spiro atoms. The summed E-state index contributed by atoms with van der Waals surface area (Å²) in [5.41, 5.74) is 1.67. The average molecular weight is 380 g/mol. The summed E-state index contributed by atoms with van der Waals surface area (Å²) in [5.74, 6) is 2.33. The summed E-state index contributed by atoms with van der Waals surface area (Å²) in [6, 6.07) is 17.3. The van der Waals surface area contributed by atoms with E-state index in [0.29, 0.717) is 35.0 Å². The van der Waals surface area contributed by atoms with Gasteiger partial charge in [-0.15, -0.1) is 15.3 Å². The van der Waals surface area contributed by atoms with Crippen molar-refractivity contribution in [1.29, 1.82) is 0 Å². The lowest BCUT2D eigenvalue weighted by molar-refractivity contribution is 0.340. The Morgan fingerprint density at radius 3 is 2.67 bits per heavy atom. The van der Waals surface area contributed by atoms with E-state index in [1.165, 1.54) is 11.8 Å². The van der Waals surface area contributed by atoms with Gasteiger partial charge >= 0.3 is 0 Å². The zero-order valence-corrected chi connectivity index (χ0v) is 15.3. The molecule has 0 bridgehead atoms. The zero-order chi connectivity index (χ0) is 18.5. The first kappa shape index (κ1) is 17.2. The Morgan fingerprint density at radius 1 is 1.00 bits per heavy atom. The SMILES string of the molecule is CCOc1ccccc1-c1nnc(SCc2nnnn2-c2ccccc2)o1. The molecule has 2 aromatic carbocycles. The second-order valence-corrected chi connectivity index (χ2v) is 6.36. The van der Waals surface area contributed by atoms with Gasteiger partial charge in [0.15, 0.2) is 5.82 Å². The maximum absolute atomic E-state index is 5.78. The highest BCUT2D eigenvalue weighted by atomic mass is 32.2. The standard InChI is InChI=1S/C18H16N6O2S/c1-2-25-15-11-7-6-10-14(15)17-20-21-18(26-17)27-12-16-19-22-23-24(16)13-8-4-3-5-9-13/h3-11H,2,12H2,1H3. The first-order chi connectivity index (χ1) is 13.3. The fourth-order valence-electron chi connectivity index (χ4n) is 2.49. The molecular formula is C18H16N6O2S. The number of thioether (sulfide) groups is 1. The van der Waals surface area contributed by atoms with Gasteiger partial charge < -0.3 is 9.15 Å². The summed E-state index contributed by atoms with van der Waals surface area (Å²) in [7, 11) is 0. The molecule has 0 aliphatic rings. The third-order valence-corrected chi connectivity index (χ3v) is 4.50. The molecule has 0 aliphatic heterocycles. The zero-order valence-electron chi connectivity index (χ0n) is 14.5. The molecule has 0 saturated heterocycles. The minimum Gasteiger partial charge on any atom is -0.493 e. The van der Waals surface area contributed by atoms with E-state index in [0.717, 1.165) is 11.3 Å². The Balaban J connectivity index is 1.50. The molecule has 136 valence electrons. The van der Waals surface area contributed by atoms with Gasteiger partial charge in [-0.1, -0.05) is 42.1 Å². The summed E-state index contributed by atoms with van der Waals surface area (Å²) in [5, 5.41) is 20.6. The van der Waals surface area contributed by atoms with Crippen LogP contribution in [-0.4, -0.2) is 37.0 Å². The Labute approximate surface area is 159 Å². The lowest BCUT2D eigenvalue weighted by Crippen LogP contribution is -2.01. The highest BCUT2D eigenvalue weighted by molar-refractivity contribution is 7.98. The fraction of sp³-hybridized carbons (Fsp3) is 0.167. The molecule has 9 heteroatoms. The van der Waals surface area contributed by atoms with Crippen molar-refractivity contribution in [3.05, 3.63) is 60.4 Å². The number of rotatable bonds is 7. The molecule has 0 saturated carbocycles. The average Bonchev–Trinajstić information content (AvgIpc) is 3.37. The van der Waals surface area contributed by atoms with E-state index >= 15 is 0 Å². The van der Waals surface area contributed by atoms with Crippen LogP contribution in [0.2, 0.25) is 0 Å². The van der Waals surface area contributed by atoms with Gasteiger partial charge in [-0.3, -0.25) is 0 Å². The van der Waals surface area contributed by atoms with Crippen molar-refractivity contribution in [2.45, 2.75) is 17.9 Å². The van der Waals surface area contributed by atoms with Gasteiger partial charge in [0.1, 0.15) is 5.75 Å². The summed E-state index contributed by atoms with van der Waals surface area (Å²) >= 11 is 1.38. The smallest absolute Gasteiger partial charge is 0.277 e. The maximum atomic E-state index is 5.78. The third-order valence-electron chi connectivity index (χ3n) is 3.68. The van der Waals surface area contributed by atoms with E-state index in [4.69, 9.17) is 9.15 Å². The Kier molecular flexibility index (Phi) is 5.10. The summed E-state index contributed by atoms with van der Waals surface area (Å²) < 4.78 is 13.1. The van der Waals surface area contributed by atoms with Crippen LogP contribution in [0.15, 0.2) is 64.2 Å². The van der Waals surface area contributed by atoms with Crippen LogP contribution in [0.5, 0.6) is 5.75 Å². The Bertz CT molecular complexity index is 1020. The summed E-state index contributed by atoms with van der Waals surface area (Å²) in [4.78, 5) is 0. The van der Waals surface area contributed by atoms with Crippen LogP contribution < -0.4 is 4.74 Å². The van der Waals surface area contributed by atoms with Crippen molar-refractivity contribution in [1.82, 2.24) is 30.4 Å². The van der Waals surface area contributed by atoms with Crippen LogP contribution in [0.25, 0.3) is 17.1 Å². The molecule has 4 aromatic rings. The monoisotopic (exact) mass is 380 g/mol. The van der Waals surface area contributed by atoms with Crippen LogP contribution >= 0.6 is 11.8 Å². The molecule has 0 amide bonds. The molecule has 0 atom stereocenters. The molecule has 0 aliphatic carbocycles. The minimum atomic E-state index is 0.421. The number of hydrogen-bond donors (Lipinski definition) is 0. The minimum absolute atomic E-state index is 0.421. The lowest BCUT2D eigenvalue weighted by Gasteiger charge is -2.06. The van der Waals surface area contributed by atoms with E-state index in [1.807, 2.05) is 61.5 Å². The summed E-state index contributed by atoms with van der Waals surface area (Å²) in [6.45, 7) is 2.50. The molecule has 0 fully saturated rings. The predicted molar refractivity (Wildman–Crippen MR) is 99.6 cm³/mol. The number of benzene rings is 2. The Morgan fingerprint density at radius 2 is 1.81 bits per heavy atom. The van der Waals surface area contributed by atoms with Gasteiger partial charge in [0.25, 0.3) is 11.1 Å². The van der Waals surface area contributed by atoms with Crippen molar-refractivity contribution in [2.24, 2.45) is 0 Å². The number of ether oxygens (including phenoxy) is 1. The molecule has 8 nitrogen and oxygen atoms in total. The van der Waals surface area contributed by atoms with E-state index < -0.39 is 0 Å². The van der Waals surface area contributed by atoms with Gasteiger partial charge in [-0.2, -0.15) is 4.68 Å². The first-order valence-corrected chi connectivity index (χ1v) is 9.35. The lowest BCUT2D eigenvalue weighted by atomic mass is 10.2. The highest BCUT2D eigenvalue weighted by Gasteiger charge is 2.15. The molecule has 0 unspecified atom stereocenters. The normalized spacial score (nSPS) is 10.9. The van der Waals surface area contributed by atoms with Gasteiger partial charge in [0.05, 0.1) is 23.6 Å². The summed E-state index contributed by atoms with van der Waals surface area (Å²) in [6.07, 6.45) is 0. The van der Waals surface area contributed by atoms with Crippen LogP contribution in [0, 0.1) is 0 Å². The van der Waals surface area contributed by atoms with Crippen molar-refractivity contribution >= 4 is 11.8 Å². The first-order valence-electron chi connectivity index (χ1n) is 8.36. The van der Waals surface area contributed by atoms with Gasteiger partial charge in [-0.05, 0) is 41.6 Å². The number of para-hydroxylation sites is 2. The highest BCUT2D eigenvalue weighted by Crippen LogP contribution is 2.31. The molecule has 2 heterocycles. The van der Waals surface area contributed by atoms with Crippen LogP contribution in [0.4, 0.5) is 0 Å². The van der Waals surface area contributed by atoms with Gasteiger partial charge in [0.2, 0.25) is 0 Å². The second-order valence-electron chi connectivity index (χ2n) is 5.43. The molecule has 2 aromatic heterocycles. The van der Waals surface area contributed by atoms with Gasteiger partial charge in [0, 0.05) is 0 Å². The maximum Gasteiger partial charge on any atom is 0.277 e. The van der Waals surface area contributed by atoms with Gasteiger partial charge in [-0.25, -0.2) is 0 Å². The predicted octanol–water partition coefficient (Wildman–Crippen LogP) is 3.40. The van der Waals surface area contributed by atoms with E-state index in [1.54, 1.807) is 4.68 Å². The van der Waals surface area contributed by atoms with E-state index in [2.05, 4.69) is 25.7 Å². The topological polar surface area (TPSA) is 91.8 Å². The van der Waals surface area contributed by atoms with Crippen molar-refractivity contribution in [3.8, 4) is 22.9 Å². The second kappa shape index (κ2) is 8.00. The van der Waals surface area contributed by atoms with Crippen molar-refractivity contribution in [3.63, 3.8) is 0 Å². The quantitative estimate of drug-likeness (QED) is 0.451. The number of nitrogens with zero attached hydrogens (tertiary/aromatic N) is 6. The Hall–Kier alpha value is -3.20. The fourth-order valence-corrected chi connectivity index (χ4v) is 3.16. The van der Waals surface area contributed by atoms with Crippen molar-refractivity contribution in [2.75, 3.05) is 6.61 Å². The third kappa shape index (κ3) is 3.82. The van der Waals surface area contributed by atoms with Crippen molar-refractivity contribution < 1.29 is 9.15 Å². The molecule has 4 rings (SSSR count). The van der Waals surface area contributed by atoms with E-state index in [-0.39, 0.29) is 0 Å².